The zero-order valence-corrected chi connectivity index (χ0v) is 15.2. The molecule has 0 aliphatic heterocycles. The fraction of sp³-hybridized carbons (Fsp3) is 0.211. The standard InChI is InChI=1S/C19H18N2O4S/c1-3-15(18(22)20-16-11-12(2)25-21-16)24-19(23)17-14(9-10-26-17)13-7-5-4-6-8-13/h4-11,15H,3H2,1-2H3,(H,20,21,22). The van der Waals surface area contributed by atoms with Crippen molar-refractivity contribution in [1.82, 2.24) is 5.16 Å². The molecule has 0 saturated heterocycles. The summed E-state index contributed by atoms with van der Waals surface area (Å²) in [5, 5.41) is 8.13. The summed E-state index contributed by atoms with van der Waals surface area (Å²) in [5.41, 5.74) is 1.72. The van der Waals surface area contributed by atoms with E-state index in [1.54, 1.807) is 19.9 Å². The summed E-state index contributed by atoms with van der Waals surface area (Å²) in [4.78, 5) is 25.4. The lowest BCUT2D eigenvalue weighted by atomic mass is 10.1. The number of benzene rings is 1. The maximum atomic E-state index is 12.6. The monoisotopic (exact) mass is 370 g/mol. The smallest absolute Gasteiger partial charge is 0.349 e. The third-order valence-corrected chi connectivity index (χ3v) is 4.62. The predicted molar refractivity (Wildman–Crippen MR) is 99.1 cm³/mol. The maximum absolute atomic E-state index is 12.6. The molecular weight excluding hydrogens is 352 g/mol. The Morgan fingerprint density at radius 2 is 2.04 bits per heavy atom. The first-order valence-corrected chi connectivity index (χ1v) is 9.04. The van der Waals surface area contributed by atoms with E-state index in [-0.39, 0.29) is 0 Å². The van der Waals surface area contributed by atoms with E-state index in [9.17, 15) is 9.59 Å². The van der Waals surface area contributed by atoms with Gasteiger partial charge in [0.15, 0.2) is 11.9 Å². The van der Waals surface area contributed by atoms with Crippen LogP contribution in [0.5, 0.6) is 0 Å². The van der Waals surface area contributed by atoms with E-state index in [2.05, 4.69) is 10.5 Å². The van der Waals surface area contributed by atoms with Crippen molar-refractivity contribution >= 4 is 29.0 Å². The maximum Gasteiger partial charge on any atom is 0.349 e. The van der Waals surface area contributed by atoms with Gasteiger partial charge in [-0.15, -0.1) is 11.3 Å². The van der Waals surface area contributed by atoms with E-state index in [0.717, 1.165) is 11.1 Å². The van der Waals surface area contributed by atoms with Crippen molar-refractivity contribution in [1.29, 1.82) is 0 Å². The second-order valence-corrected chi connectivity index (χ2v) is 6.56. The lowest BCUT2D eigenvalue weighted by Crippen LogP contribution is -2.32. The fourth-order valence-corrected chi connectivity index (χ4v) is 3.25. The average molecular weight is 370 g/mol. The van der Waals surface area contributed by atoms with Gasteiger partial charge in [0.1, 0.15) is 10.6 Å². The molecule has 1 atom stereocenters. The molecule has 2 heterocycles. The molecule has 0 aliphatic rings. The highest BCUT2D eigenvalue weighted by molar-refractivity contribution is 7.12. The number of hydrogen-bond donors (Lipinski definition) is 1. The summed E-state index contributed by atoms with van der Waals surface area (Å²) in [6.45, 7) is 3.50. The number of nitrogens with zero attached hydrogens (tertiary/aromatic N) is 1. The van der Waals surface area contributed by atoms with Gasteiger partial charge >= 0.3 is 5.97 Å². The van der Waals surface area contributed by atoms with Crippen LogP contribution in [0.1, 0.15) is 28.8 Å². The summed E-state index contributed by atoms with van der Waals surface area (Å²) >= 11 is 1.29. The molecule has 0 bridgehead atoms. The number of nitrogens with one attached hydrogen (secondary N) is 1. The molecule has 7 heteroatoms. The first kappa shape index (κ1) is 17.9. The number of anilines is 1. The van der Waals surface area contributed by atoms with Crippen molar-refractivity contribution in [3.8, 4) is 11.1 Å². The van der Waals surface area contributed by atoms with Crippen molar-refractivity contribution in [2.24, 2.45) is 0 Å². The van der Waals surface area contributed by atoms with Crippen LogP contribution in [-0.4, -0.2) is 23.1 Å². The minimum atomic E-state index is -0.912. The third kappa shape index (κ3) is 4.00. The summed E-state index contributed by atoms with van der Waals surface area (Å²) in [6, 6.07) is 13.0. The summed E-state index contributed by atoms with van der Waals surface area (Å²) in [5.74, 6) is -0.0799. The second-order valence-electron chi connectivity index (χ2n) is 5.64. The molecule has 134 valence electrons. The molecule has 0 saturated carbocycles. The third-order valence-electron chi connectivity index (χ3n) is 3.73. The number of carbonyl (C=O) groups is 2. The van der Waals surface area contributed by atoms with E-state index in [0.29, 0.717) is 22.9 Å². The Hall–Kier alpha value is -2.93. The summed E-state index contributed by atoms with van der Waals surface area (Å²) < 4.78 is 10.4. The number of carbonyl (C=O) groups excluding carboxylic acids is 2. The van der Waals surface area contributed by atoms with Gasteiger partial charge in [0.2, 0.25) is 0 Å². The highest BCUT2D eigenvalue weighted by Gasteiger charge is 2.25. The Morgan fingerprint density at radius 1 is 1.27 bits per heavy atom. The molecule has 3 aromatic rings. The fourth-order valence-electron chi connectivity index (χ4n) is 2.45. The number of aryl methyl sites for hydroxylation is 1. The quantitative estimate of drug-likeness (QED) is 0.655. The number of aromatic nitrogens is 1. The molecule has 0 aliphatic carbocycles. The van der Waals surface area contributed by atoms with Gasteiger partial charge in [-0.1, -0.05) is 42.4 Å². The highest BCUT2D eigenvalue weighted by atomic mass is 32.1. The largest absolute Gasteiger partial charge is 0.448 e. The Kier molecular flexibility index (Phi) is 5.48. The van der Waals surface area contributed by atoms with Crippen molar-refractivity contribution < 1.29 is 18.8 Å². The Balaban J connectivity index is 1.72. The molecule has 3 rings (SSSR count). The molecule has 0 fully saturated rings. The van der Waals surface area contributed by atoms with E-state index in [1.165, 1.54) is 11.3 Å². The number of esters is 1. The van der Waals surface area contributed by atoms with Crippen LogP contribution in [-0.2, 0) is 9.53 Å². The molecule has 1 aromatic carbocycles. The number of rotatable bonds is 6. The van der Waals surface area contributed by atoms with E-state index in [4.69, 9.17) is 9.26 Å². The van der Waals surface area contributed by atoms with Crippen LogP contribution in [0.2, 0.25) is 0 Å². The number of hydrogen-bond acceptors (Lipinski definition) is 6. The molecule has 2 aromatic heterocycles. The first-order chi connectivity index (χ1) is 12.6. The van der Waals surface area contributed by atoms with E-state index in [1.807, 2.05) is 41.8 Å². The van der Waals surface area contributed by atoms with Gasteiger partial charge in [-0.3, -0.25) is 4.79 Å². The number of ether oxygens (including phenoxy) is 1. The summed E-state index contributed by atoms with van der Waals surface area (Å²) in [7, 11) is 0. The topological polar surface area (TPSA) is 81.4 Å². The minimum absolute atomic E-state index is 0.295. The lowest BCUT2D eigenvalue weighted by Gasteiger charge is -2.15. The van der Waals surface area contributed by atoms with Gasteiger partial charge < -0.3 is 14.6 Å². The van der Waals surface area contributed by atoms with Crippen molar-refractivity contribution in [3.05, 3.63) is 58.5 Å². The molecular formula is C19H18N2O4S. The van der Waals surface area contributed by atoms with Gasteiger partial charge in [0.25, 0.3) is 5.91 Å². The number of thiophene rings is 1. The van der Waals surface area contributed by atoms with Crippen molar-refractivity contribution in [2.45, 2.75) is 26.4 Å². The molecule has 6 nitrogen and oxygen atoms in total. The SMILES string of the molecule is CCC(OC(=O)c1sccc1-c1ccccc1)C(=O)Nc1cc(C)on1. The molecule has 1 unspecified atom stereocenters. The van der Waals surface area contributed by atoms with E-state index < -0.39 is 18.0 Å². The van der Waals surface area contributed by atoms with Crippen molar-refractivity contribution in [3.63, 3.8) is 0 Å². The normalized spacial score (nSPS) is 11.8. The zero-order chi connectivity index (χ0) is 18.5. The highest BCUT2D eigenvalue weighted by Crippen LogP contribution is 2.29. The van der Waals surface area contributed by atoms with Crippen LogP contribution < -0.4 is 5.32 Å². The van der Waals surface area contributed by atoms with Crippen LogP contribution in [0.3, 0.4) is 0 Å². The Labute approximate surface area is 154 Å². The molecule has 1 amide bonds. The van der Waals surface area contributed by atoms with Crippen LogP contribution in [0.4, 0.5) is 5.82 Å². The van der Waals surface area contributed by atoms with Gasteiger partial charge in [-0.05, 0) is 30.4 Å². The van der Waals surface area contributed by atoms with Crippen LogP contribution in [0.25, 0.3) is 11.1 Å². The second kappa shape index (κ2) is 7.97. The van der Waals surface area contributed by atoms with Crippen molar-refractivity contribution in [2.75, 3.05) is 5.32 Å². The average Bonchev–Trinajstić information content (AvgIpc) is 3.29. The molecule has 0 spiro atoms. The summed E-state index contributed by atoms with van der Waals surface area (Å²) in [6.07, 6.45) is -0.564. The molecule has 26 heavy (non-hydrogen) atoms. The van der Waals surface area contributed by atoms with Gasteiger partial charge in [0.05, 0.1) is 0 Å². The van der Waals surface area contributed by atoms with Crippen LogP contribution in [0.15, 0.2) is 52.4 Å². The van der Waals surface area contributed by atoms with E-state index >= 15 is 0 Å². The predicted octanol–water partition coefficient (Wildman–Crippen LogP) is 4.29. The Bertz CT molecular complexity index is 901. The van der Waals surface area contributed by atoms with Gasteiger partial charge in [0, 0.05) is 11.6 Å². The van der Waals surface area contributed by atoms with Crippen LogP contribution >= 0.6 is 11.3 Å². The van der Waals surface area contributed by atoms with Gasteiger partial charge in [-0.2, -0.15) is 0 Å². The molecule has 0 radical (unpaired) electrons. The zero-order valence-electron chi connectivity index (χ0n) is 14.4. The lowest BCUT2D eigenvalue weighted by molar-refractivity contribution is -0.124. The van der Waals surface area contributed by atoms with Crippen LogP contribution in [0, 0.1) is 6.92 Å². The molecule has 1 N–H and O–H groups in total. The first-order valence-electron chi connectivity index (χ1n) is 8.16. The number of amides is 1. The minimum Gasteiger partial charge on any atom is -0.448 e. The Morgan fingerprint density at radius 3 is 2.69 bits per heavy atom. The van der Waals surface area contributed by atoms with Gasteiger partial charge in [-0.25, -0.2) is 4.79 Å².